The molecule has 1 atom stereocenters. The van der Waals surface area contributed by atoms with Crippen LogP contribution in [0.5, 0.6) is 0 Å². The molecule has 1 rings (SSSR count). The van der Waals surface area contributed by atoms with Gasteiger partial charge in [-0.1, -0.05) is 0 Å². The van der Waals surface area contributed by atoms with E-state index in [2.05, 4.69) is 0 Å². The summed E-state index contributed by atoms with van der Waals surface area (Å²) in [5.74, 6) is 0.277. The Labute approximate surface area is 60.0 Å². The number of aliphatic hydroxyl groups is 1. The minimum atomic E-state index is -2.78. The van der Waals surface area contributed by atoms with Crippen LogP contribution in [-0.4, -0.2) is 37.7 Å². The Morgan fingerprint density at radius 2 is 2.10 bits per heavy atom. The molecule has 3 N–H and O–H groups in total. The summed E-state index contributed by atoms with van der Waals surface area (Å²) in [5, 5.41) is 8.52. The average Bonchev–Trinajstić information content (AvgIpc) is 1.81. The van der Waals surface area contributed by atoms with Crippen LogP contribution in [0.3, 0.4) is 0 Å². The smallest absolute Gasteiger partial charge is 0.151 e. The number of nitrogens with two attached hydrogens (primary N) is 1. The van der Waals surface area contributed by atoms with Gasteiger partial charge in [-0.15, -0.1) is 0 Å². The Hall–Kier alpha value is -0.130. The molecule has 60 valence electrons. The quantitative estimate of drug-likeness (QED) is 0.514. The Bertz CT molecular complexity index is 199. The van der Waals surface area contributed by atoms with Crippen LogP contribution in [0.15, 0.2) is 0 Å². The van der Waals surface area contributed by atoms with Crippen molar-refractivity contribution in [3.8, 4) is 0 Å². The maximum atomic E-state index is 10.6. The van der Waals surface area contributed by atoms with Crippen molar-refractivity contribution in [1.82, 2.24) is 0 Å². The fourth-order valence-electron chi connectivity index (χ4n) is 1.000. The summed E-state index contributed by atoms with van der Waals surface area (Å²) in [6, 6.07) is -0.358. The standard InChI is InChI=1S/C5H11NO3S/c6-5(1-7)4-2-10(8,9)3-4/h4-5,7H,1-3,6H2. The zero-order valence-electron chi connectivity index (χ0n) is 5.53. The van der Waals surface area contributed by atoms with Crippen LogP contribution in [0, 0.1) is 5.92 Å². The summed E-state index contributed by atoms with van der Waals surface area (Å²) in [5.41, 5.74) is 5.38. The van der Waals surface area contributed by atoms with Gasteiger partial charge in [0.25, 0.3) is 0 Å². The van der Waals surface area contributed by atoms with E-state index in [1.807, 2.05) is 0 Å². The number of sulfone groups is 1. The Morgan fingerprint density at radius 3 is 2.40 bits per heavy atom. The third-order valence-electron chi connectivity index (χ3n) is 1.75. The molecule has 0 aromatic carbocycles. The predicted molar refractivity (Wildman–Crippen MR) is 37.2 cm³/mol. The van der Waals surface area contributed by atoms with Crippen molar-refractivity contribution < 1.29 is 13.5 Å². The molecule has 10 heavy (non-hydrogen) atoms. The third-order valence-corrected chi connectivity index (χ3v) is 3.62. The molecule has 0 radical (unpaired) electrons. The van der Waals surface area contributed by atoms with Gasteiger partial charge in [0.2, 0.25) is 0 Å². The normalized spacial score (nSPS) is 27.4. The van der Waals surface area contributed by atoms with Crippen LogP contribution in [0.4, 0.5) is 0 Å². The van der Waals surface area contributed by atoms with Gasteiger partial charge >= 0.3 is 0 Å². The lowest BCUT2D eigenvalue weighted by Crippen LogP contribution is -2.49. The first-order valence-corrected chi connectivity index (χ1v) is 4.94. The highest BCUT2D eigenvalue weighted by Crippen LogP contribution is 2.20. The maximum absolute atomic E-state index is 10.6. The lowest BCUT2D eigenvalue weighted by atomic mass is 10.1. The van der Waals surface area contributed by atoms with Gasteiger partial charge in [0.15, 0.2) is 9.84 Å². The summed E-state index contributed by atoms with van der Waals surface area (Å²) in [6.07, 6.45) is 0. The van der Waals surface area contributed by atoms with Gasteiger partial charge in [0.05, 0.1) is 18.1 Å². The maximum Gasteiger partial charge on any atom is 0.151 e. The number of rotatable bonds is 2. The largest absolute Gasteiger partial charge is 0.395 e. The molecule has 1 unspecified atom stereocenters. The van der Waals surface area contributed by atoms with E-state index in [1.165, 1.54) is 0 Å². The minimum Gasteiger partial charge on any atom is -0.395 e. The Kier molecular flexibility index (Phi) is 1.98. The van der Waals surface area contributed by atoms with Gasteiger partial charge < -0.3 is 10.8 Å². The second-order valence-electron chi connectivity index (χ2n) is 2.68. The van der Waals surface area contributed by atoms with Crippen molar-refractivity contribution in [1.29, 1.82) is 0 Å². The van der Waals surface area contributed by atoms with Gasteiger partial charge in [-0.3, -0.25) is 0 Å². The van der Waals surface area contributed by atoms with E-state index in [0.717, 1.165) is 0 Å². The molecule has 1 heterocycles. The second kappa shape index (κ2) is 2.48. The highest BCUT2D eigenvalue weighted by molar-refractivity contribution is 7.92. The van der Waals surface area contributed by atoms with Crippen molar-refractivity contribution in [3.63, 3.8) is 0 Å². The van der Waals surface area contributed by atoms with Gasteiger partial charge in [-0.05, 0) is 0 Å². The summed E-state index contributed by atoms with van der Waals surface area (Å²) in [4.78, 5) is 0. The summed E-state index contributed by atoms with van der Waals surface area (Å²) >= 11 is 0. The van der Waals surface area contributed by atoms with Gasteiger partial charge in [0, 0.05) is 12.0 Å². The van der Waals surface area contributed by atoms with Crippen LogP contribution in [0.2, 0.25) is 0 Å². The van der Waals surface area contributed by atoms with Crippen LogP contribution < -0.4 is 5.73 Å². The molecule has 0 aromatic heterocycles. The molecular formula is C5H11NO3S. The zero-order valence-corrected chi connectivity index (χ0v) is 6.34. The molecule has 1 aliphatic heterocycles. The predicted octanol–water partition coefficient (Wildman–Crippen LogP) is -1.65. The average molecular weight is 165 g/mol. The first kappa shape index (κ1) is 7.97. The van der Waals surface area contributed by atoms with Crippen molar-refractivity contribution in [2.24, 2.45) is 11.7 Å². The number of hydrogen-bond donors (Lipinski definition) is 2. The van der Waals surface area contributed by atoms with Crippen LogP contribution in [0.25, 0.3) is 0 Å². The van der Waals surface area contributed by atoms with E-state index in [4.69, 9.17) is 10.8 Å². The fraction of sp³-hybridized carbons (Fsp3) is 1.00. The summed E-state index contributed by atoms with van der Waals surface area (Å²) in [6.45, 7) is -0.125. The summed E-state index contributed by atoms with van der Waals surface area (Å²) in [7, 11) is -2.78. The highest BCUT2D eigenvalue weighted by Gasteiger charge is 2.36. The molecule has 0 aromatic rings. The molecule has 1 aliphatic rings. The van der Waals surface area contributed by atoms with Crippen LogP contribution in [-0.2, 0) is 9.84 Å². The summed E-state index contributed by atoms with van der Waals surface area (Å²) < 4.78 is 21.2. The molecule has 0 saturated carbocycles. The lowest BCUT2D eigenvalue weighted by Gasteiger charge is -2.29. The zero-order chi connectivity index (χ0) is 7.78. The number of aliphatic hydroxyl groups excluding tert-OH is 1. The molecule has 5 heteroatoms. The first-order chi connectivity index (χ1) is 4.55. The molecule has 1 saturated heterocycles. The SMILES string of the molecule is NC(CO)C1CS(=O)(=O)C1. The minimum absolute atomic E-state index is 0.0185. The molecule has 0 bridgehead atoms. The second-order valence-corrected chi connectivity index (χ2v) is 4.84. The number of hydrogen-bond acceptors (Lipinski definition) is 4. The topological polar surface area (TPSA) is 80.4 Å². The van der Waals surface area contributed by atoms with Crippen molar-refractivity contribution >= 4 is 9.84 Å². The Balaban J connectivity index is 2.40. The van der Waals surface area contributed by atoms with Crippen molar-refractivity contribution in [3.05, 3.63) is 0 Å². The Morgan fingerprint density at radius 1 is 1.60 bits per heavy atom. The van der Waals surface area contributed by atoms with E-state index >= 15 is 0 Å². The van der Waals surface area contributed by atoms with Gasteiger partial charge in [-0.25, -0.2) is 8.42 Å². The van der Waals surface area contributed by atoms with Crippen LogP contribution in [0.1, 0.15) is 0 Å². The molecular weight excluding hydrogens is 154 g/mol. The van der Waals surface area contributed by atoms with Gasteiger partial charge in [0.1, 0.15) is 0 Å². The van der Waals surface area contributed by atoms with E-state index in [1.54, 1.807) is 0 Å². The highest BCUT2D eigenvalue weighted by atomic mass is 32.2. The van der Waals surface area contributed by atoms with E-state index in [9.17, 15) is 8.42 Å². The van der Waals surface area contributed by atoms with E-state index in [-0.39, 0.29) is 30.1 Å². The molecule has 1 fully saturated rings. The molecule has 4 nitrogen and oxygen atoms in total. The molecule has 0 aliphatic carbocycles. The van der Waals surface area contributed by atoms with Gasteiger partial charge in [-0.2, -0.15) is 0 Å². The van der Waals surface area contributed by atoms with Crippen molar-refractivity contribution in [2.45, 2.75) is 6.04 Å². The van der Waals surface area contributed by atoms with Crippen LogP contribution >= 0.6 is 0 Å². The van der Waals surface area contributed by atoms with E-state index in [0.29, 0.717) is 0 Å². The van der Waals surface area contributed by atoms with E-state index < -0.39 is 9.84 Å². The van der Waals surface area contributed by atoms with Crippen molar-refractivity contribution in [2.75, 3.05) is 18.1 Å². The molecule has 0 spiro atoms. The third kappa shape index (κ3) is 1.47. The fourth-order valence-corrected chi connectivity index (χ4v) is 2.70. The molecule has 0 amide bonds. The first-order valence-electron chi connectivity index (χ1n) is 3.12. The lowest BCUT2D eigenvalue weighted by molar-refractivity contribution is 0.235. The monoisotopic (exact) mass is 165 g/mol.